The Labute approximate surface area is 233 Å². The number of halogens is 4. The molecular formula is C28H26ClF3N6O2. The Morgan fingerprint density at radius 2 is 1.75 bits per heavy atom. The van der Waals surface area contributed by atoms with Crippen molar-refractivity contribution in [1.29, 1.82) is 0 Å². The van der Waals surface area contributed by atoms with Gasteiger partial charge in [-0.2, -0.15) is 0 Å². The van der Waals surface area contributed by atoms with Crippen molar-refractivity contribution in [2.45, 2.75) is 12.5 Å². The number of pyridine rings is 1. The lowest BCUT2D eigenvalue weighted by molar-refractivity contribution is -0.142. The van der Waals surface area contributed by atoms with E-state index < -0.39 is 18.3 Å². The zero-order chi connectivity index (χ0) is 28.2. The van der Waals surface area contributed by atoms with Gasteiger partial charge in [-0.15, -0.1) is 0 Å². The fourth-order valence-electron chi connectivity index (χ4n) is 4.64. The molecule has 5 rings (SSSR count). The van der Waals surface area contributed by atoms with Gasteiger partial charge >= 0.3 is 5.97 Å². The highest BCUT2D eigenvalue weighted by Crippen LogP contribution is 2.37. The molecular weight excluding hydrogens is 545 g/mol. The largest absolute Gasteiger partial charge is 0.468 e. The molecule has 0 aliphatic carbocycles. The minimum absolute atomic E-state index is 0.129. The van der Waals surface area contributed by atoms with Crippen molar-refractivity contribution >= 4 is 40.1 Å². The van der Waals surface area contributed by atoms with Crippen LogP contribution >= 0.6 is 11.6 Å². The highest BCUT2D eigenvalue weighted by atomic mass is 35.5. The average Bonchev–Trinajstić information content (AvgIpc) is 2.97. The molecule has 4 aromatic rings. The lowest BCUT2D eigenvalue weighted by atomic mass is 10.0. The summed E-state index contributed by atoms with van der Waals surface area (Å²) < 4.78 is 47.3. The maximum atomic E-state index is 14.4. The summed E-state index contributed by atoms with van der Waals surface area (Å²) >= 11 is 6.41. The number of carbonyl (C=O) groups excluding carboxylic acids is 1. The monoisotopic (exact) mass is 570 g/mol. The van der Waals surface area contributed by atoms with Gasteiger partial charge in [0.05, 0.1) is 29.9 Å². The Kier molecular flexibility index (Phi) is 8.32. The topological polar surface area (TPSA) is 83.5 Å². The van der Waals surface area contributed by atoms with E-state index in [2.05, 4.69) is 20.3 Å². The normalized spacial score (nSPS) is 14.9. The molecule has 3 heterocycles. The number of nitrogens with one attached hydrogen (secondary N) is 1. The van der Waals surface area contributed by atoms with Crippen molar-refractivity contribution in [3.05, 3.63) is 77.5 Å². The number of aromatic nitrogens is 3. The highest BCUT2D eigenvalue weighted by molar-refractivity contribution is 6.34. The Morgan fingerprint density at radius 1 is 1.02 bits per heavy atom. The minimum Gasteiger partial charge on any atom is -0.468 e. The SMILES string of the molecule is COC(=O)CN1CCN(c2ncc(-c3ccc4ncc(Cl)c(N[C@@H](c5ccccc5F)C(F)F)c4c3)cn2)CC1. The summed E-state index contributed by atoms with van der Waals surface area (Å²) in [6.45, 7) is 2.94. The van der Waals surface area contributed by atoms with Gasteiger partial charge in [0.2, 0.25) is 5.95 Å². The summed E-state index contributed by atoms with van der Waals surface area (Å²) in [6.07, 6.45) is 1.86. The molecule has 0 amide bonds. The maximum absolute atomic E-state index is 14.4. The molecule has 2 aromatic heterocycles. The van der Waals surface area contributed by atoms with Crippen LogP contribution in [0.4, 0.5) is 24.8 Å². The van der Waals surface area contributed by atoms with Crippen LogP contribution in [-0.2, 0) is 9.53 Å². The van der Waals surface area contributed by atoms with Gasteiger partial charge in [0.15, 0.2) is 0 Å². The second-order valence-electron chi connectivity index (χ2n) is 9.30. The van der Waals surface area contributed by atoms with Gasteiger partial charge in [-0.3, -0.25) is 14.7 Å². The van der Waals surface area contributed by atoms with Crippen LogP contribution in [0.1, 0.15) is 11.6 Å². The number of benzene rings is 2. The fourth-order valence-corrected chi connectivity index (χ4v) is 4.85. The molecule has 1 aliphatic rings. The first-order valence-corrected chi connectivity index (χ1v) is 13.0. The first-order valence-electron chi connectivity index (χ1n) is 12.6. The first-order chi connectivity index (χ1) is 19.3. The molecule has 0 bridgehead atoms. The Morgan fingerprint density at radius 3 is 2.42 bits per heavy atom. The van der Waals surface area contributed by atoms with E-state index in [-0.39, 0.29) is 28.8 Å². The summed E-state index contributed by atoms with van der Waals surface area (Å²) in [5.74, 6) is -0.437. The van der Waals surface area contributed by atoms with Crippen LogP contribution < -0.4 is 10.2 Å². The number of esters is 1. The van der Waals surface area contributed by atoms with Crippen molar-refractivity contribution in [1.82, 2.24) is 19.9 Å². The van der Waals surface area contributed by atoms with E-state index in [4.69, 9.17) is 16.3 Å². The summed E-state index contributed by atoms with van der Waals surface area (Å²) in [6, 6.07) is 9.14. The third kappa shape index (κ3) is 5.95. The van der Waals surface area contributed by atoms with Crippen LogP contribution in [0.3, 0.4) is 0 Å². The number of carbonyl (C=O) groups is 1. The molecule has 0 saturated carbocycles. The zero-order valence-electron chi connectivity index (χ0n) is 21.5. The van der Waals surface area contributed by atoms with E-state index in [9.17, 15) is 18.0 Å². The summed E-state index contributed by atoms with van der Waals surface area (Å²) in [7, 11) is 1.37. The molecule has 1 saturated heterocycles. The van der Waals surface area contributed by atoms with Gasteiger partial charge < -0.3 is 15.0 Å². The third-order valence-electron chi connectivity index (χ3n) is 6.82. The number of anilines is 2. The van der Waals surface area contributed by atoms with E-state index in [1.54, 1.807) is 24.5 Å². The first kappa shape index (κ1) is 27.6. The van der Waals surface area contributed by atoms with Gasteiger partial charge in [0.25, 0.3) is 6.43 Å². The standard InChI is InChI=1S/C28H26ClF3N6O2/c1-40-24(39)16-37-8-10-38(11-9-37)28-34-13-18(14-35-28)17-6-7-23-20(12-17)25(21(29)15-33-23)36-26(27(31)32)19-4-2-3-5-22(19)30/h2-7,12-15,26-27H,8-11,16H2,1H3,(H,33,36)/t26-/m0/s1. The van der Waals surface area contributed by atoms with Gasteiger partial charge in [-0.1, -0.05) is 35.9 Å². The Hall–Kier alpha value is -3.96. The van der Waals surface area contributed by atoms with Gasteiger partial charge in [0.1, 0.15) is 11.9 Å². The number of fused-ring (bicyclic) bond motifs is 1. The molecule has 0 spiro atoms. The molecule has 2 aromatic carbocycles. The van der Waals surface area contributed by atoms with Gasteiger partial charge in [0, 0.05) is 61.3 Å². The van der Waals surface area contributed by atoms with Crippen molar-refractivity contribution in [2.24, 2.45) is 0 Å². The van der Waals surface area contributed by atoms with Crippen LogP contribution in [0.5, 0.6) is 0 Å². The second kappa shape index (κ2) is 12.1. The molecule has 1 N–H and O–H groups in total. The maximum Gasteiger partial charge on any atom is 0.319 e. The van der Waals surface area contributed by atoms with Crippen LogP contribution in [0.15, 0.2) is 61.1 Å². The van der Waals surface area contributed by atoms with Gasteiger partial charge in [-0.25, -0.2) is 23.1 Å². The van der Waals surface area contributed by atoms with Crippen LogP contribution in [0.25, 0.3) is 22.0 Å². The van der Waals surface area contributed by atoms with E-state index in [1.807, 2.05) is 15.9 Å². The summed E-state index contributed by atoms with van der Waals surface area (Å²) in [5, 5.41) is 3.39. The number of methoxy groups -OCH3 is 1. The van der Waals surface area contributed by atoms with E-state index in [0.717, 1.165) is 11.6 Å². The molecule has 1 atom stereocenters. The van der Waals surface area contributed by atoms with Gasteiger partial charge in [-0.05, 0) is 23.8 Å². The van der Waals surface area contributed by atoms with Crippen molar-refractivity contribution < 1.29 is 22.7 Å². The molecule has 0 unspecified atom stereocenters. The number of hydrogen-bond acceptors (Lipinski definition) is 8. The van der Waals surface area contributed by atoms with Crippen LogP contribution in [-0.4, -0.2) is 72.1 Å². The number of alkyl halides is 2. The second-order valence-corrected chi connectivity index (χ2v) is 9.71. The van der Waals surface area contributed by atoms with E-state index in [0.29, 0.717) is 48.6 Å². The molecule has 1 aliphatic heterocycles. The predicted molar refractivity (Wildman–Crippen MR) is 147 cm³/mol. The summed E-state index contributed by atoms with van der Waals surface area (Å²) in [5.41, 5.74) is 2.03. The van der Waals surface area contributed by atoms with Crippen LogP contribution in [0.2, 0.25) is 5.02 Å². The quantitative estimate of drug-likeness (QED) is 0.290. The van der Waals surface area contributed by atoms with Crippen molar-refractivity contribution in [2.75, 3.05) is 50.1 Å². The molecule has 0 radical (unpaired) electrons. The van der Waals surface area contributed by atoms with Crippen LogP contribution in [0, 0.1) is 5.82 Å². The lowest BCUT2D eigenvalue weighted by Gasteiger charge is -2.33. The van der Waals surface area contributed by atoms with Crippen molar-refractivity contribution in [3.63, 3.8) is 0 Å². The Bertz CT molecular complexity index is 1500. The zero-order valence-corrected chi connectivity index (χ0v) is 22.3. The third-order valence-corrected chi connectivity index (χ3v) is 7.11. The smallest absolute Gasteiger partial charge is 0.319 e. The predicted octanol–water partition coefficient (Wildman–Crippen LogP) is 5.20. The number of nitrogens with zero attached hydrogens (tertiary/aromatic N) is 5. The molecule has 12 heteroatoms. The van der Waals surface area contributed by atoms with E-state index >= 15 is 0 Å². The molecule has 40 heavy (non-hydrogen) atoms. The minimum atomic E-state index is -2.90. The lowest BCUT2D eigenvalue weighted by Crippen LogP contribution is -2.48. The number of piperazine rings is 1. The number of rotatable bonds is 8. The van der Waals surface area contributed by atoms with Crippen molar-refractivity contribution in [3.8, 4) is 11.1 Å². The number of ether oxygens (including phenoxy) is 1. The number of hydrogen-bond donors (Lipinski definition) is 1. The molecule has 208 valence electrons. The molecule has 1 fully saturated rings. The fraction of sp³-hybridized carbons (Fsp3) is 0.286. The highest BCUT2D eigenvalue weighted by Gasteiger charge is 2.27. The molecule has 8 nitrogen and oxygen atoms in total. The Balaban J connectivity index is 1.39. The summed E-state index contributed by atoms with van der Waals surface area (Å²) in [4.78, 5) is 28.9. The average molecular weight is 571 g/mol. The van der Waals surface area contributed by atoms with E-state index in [1.165, 1.54) is 31.5 Å².